The zero-order chi connectivity index (χ0) is 19.7. The summed E-state index contributed by atoms with van der Waals surface area (Å²) < 4.78 is 0. The van der Waals surface area contributed by atoms with Gasteiger partial charge in [0.05, 0.1) is 11.3 Å². The van der Waals surface area contributed by atoms with Crippen molar-refractivity contribution in [2.45, 2.75) is 45.8 Å². The fourth-order valence-corrected chi connectivity index (χ4v) is 4.37. The van der Waals surface area contributed by atoms with Crippen LogP contribution in [0.15, 0.2) is 42.5 Å². The van der Waals surface area contributed by atoms with E-state index in [0.29, 0.717) is 17.7 Å². The molecule has 2 aromatic rings. The number of amides is 2. The molecule has 2 aliphatic rings. The lowest BCUT2D eigenvalue weighted by Crippen LogP contribution is -2.57. The zero-order valence-corrected chi connectivity index (χ0v) is 16.6. The van der Waals surface area contributed by atoms with E-state index in [9.17, 15) is 9.59 Å². The summed E-state index contributed by atoms with van der Waals surface area (Å²) in [5.41, 5.74) is 4.44. The van der Waals surface area contributed by atoms with E-state index in [1.807, 2.05) is 42.2 Å². The van der Waals surface area contributed by atoms with Crippen LogP contribution >= 0.6 is 0 Å². The molecule has 0 aromatic heterocycles. The van der Waals surface area contributed by atoms with Crippen molar-refractivity contribution in [3.63, 3.8) is 0 Å². The van der Waals surface area contributed by atoms with Crippen LogP contribution in [0, 0.1) is 6.92 Å². The van der Waals surface area contributed by atoms with Crippen molar-refractivity contribution in [3.8, 4) is 0 Å². The Kier molecular flexibility index (Phi) is 5.07. The number of hydrogen-bond donors (Lipinski definition) is 1. The minimum absolute atomic E-state index is 0.0936. The first-order valence-electron chi connectivity index (χ1n) is 10.1. The molecule has 0 spiro atoms. The van der Waals surface area contributed by atoms with Crippen molar-refractivity contribution >= 4 is 17.5 Å². The van der Waals surface area contributed by atoms with Gasteiger partial charge in [-0.2, -0.15) is 0 Å². The highest BCUT2D eigenvalue weighted by Crippen LogP contribution is 2.35. The number of hydrogen-bond acceptors (Lipinski definition) is 3. The van der Waals surface area contributed by atoms with Gasteiger partial charge in [0.2, 0.25) is 0 Å². The number of nitrogens with one attached hydrogen (secondary N) is 1. The Morgan fingerprint density at radius 3 is 2.82 bits per heavy atom. The Balaban J connectivity index is 1.57. The molecule has 2 aliphatic heterocycles. The van der Waals surface area contributed by atoms with Crippen LogP contribution in [0.4, 0.5) is 5.69 Å². The number of benzene rings is 2. The number of anilines is 1. The van der Waals surface area contributed by atoms with Crippen LogP contribution < -0.4 is 10.2 Å². The van der Waals surface area contributed by atoms with E-state index in [2.05, 4.69) is 23.2 Å². The molecular weight excluding hydrogens is 350 g/mol. The van der Waals surface area contributed by atoms with Crippen molar-refractivity contribution in [1.29, 1.82) is 0 Å². The third-order valence-electron chi connectivity index (χ3n) is 5.77. The number of fused-ring (bicyclic) bond motifs is 2. The Morgan fingerprint density at radius 1 is 1.18 bits per heavy atom. The number of aryl methyl sites for hydroxylation is 1. The highest BCUT2D eigenvalue weighted by molar-refractivity contribution is 6.04. The molecule has 2 heterocycles. The van der Waals surface area contributed by atoms with Gasteiger partial charge in [-0.05, 0) is 56.9 Å². The largest absolute Gasteiger partial charge is 0.351 e. The summed E-state index contributed by atoms with van der Waals surface area (Å²) in [7, 11) is 0. The maximum atomic E-state index is 12.9. The lowest BCUT2D eigenvalue weighted by Gasteiger charge is -2.47. The molecule has 5 heteroatoms. The van der Waals surface area contributed by atoms with E-state index >= 15 is 0 Å². The second-order valence-electron chi connectivity index (χ2n) is 7.66. The molecule has 1 saturated heterocycles. The average molecular weight is 377 g/mol. The standard InChI is InChI=1S/C23H27N3O2/c1-3-25-20-14-18(22(27)24-15-17-8-6-7-16(2)13-17)10-11-19(20)23(28)26-12-5-4-9-21(25)26/h6-8,10-11,13-14,21H,3-5,9,12,15H2,1-2H3,(H,24,27)/t21-/m0/s1. The maximum Gasteiger partial charge on any atom is 0.257 e. The molecule has 4 rings (SSSR count). The Bertz CT molecular complexity index is 908. The molecule has 146 valence electrons. The Morgan fingerprint density at radius 2 is 2.04 bits per heavy atom. The van der Waals surface area contributed by atoms with Crippen molar-refractivity contribution in [2.24, 2.45) is 0 Å². The normalized spacial score (nSPS) is 18.5. The van der Waals surface area contributed by atoms with Crippen molar-refractivity contribution < 1.29 is 9.59 Å². The Labute approximate surface area is 166 Å². The van der Waals surface area contributed by atoms with E-state index in [1.54, 1.807) is 6.07 Å². The van der Waals surface area contributed by atoms with E-state index in [4.69, 9.17) is 0 Å². The number of carbonyl (C=O) groups is 2. The predicted molar refractivity (Wildman–Crippen MR) is 110 cm³/mol. The average Bonchev–Trinajstić information content (AvgIpc) is 2.72. The fourth-order valence-electron chi connectivity index (χ4n) is 4.37. The molecule has 28 heavy (non-hydrogen) atoms. The smallest absolute Gasteiger partial charge is 0.257 e. The van der Waals surface area contributed by atoms with Crippen LogP contribution in [0.1, 0.15) is 58.0 Å². The molecule has 0 unspecified atom stereocenters. The molecule has 2 amide bonds. The van der Waals surface area contributed by atoms with Gasteiger partial charge in [-0.15, -0.1) is 0 Å². The summed E-state index contributed by atoms with van der Waals surface area (Å²) in [5.74, 6) is -0.0185. The van der Waals surface area contributed by atoms with Crippen molar-refractivity contribution in [3.05, 3.63) is 64.7 Å². The summed E-state index contributed by atoms with van der Waals surface area (Å²) in [6, 6.07) is 13.6. The summed E-state index contributed by atoms with van der Waals surface area (Å²) >= 11 is 0. The van der Waals surface area contributed by atoms with Gasteiger partial charge in [-0.3, -0.25) is 9.59 Å². The summed E-state index contributed by atoms with van der Waals surface area (Å²) in [4.78, 5) is 29.9. The predicted octanol–water partition coefficient (Wildman–Crippen LogP) is 3.72. The fraction of sp³-hybridized carbons (Fsp3) is 0.391. The third kappa shape index (κ3) is 3.37. The monoisotopic (exact) mass is 377 g/mol. The second-order valence-corrected chi connectivity index (χ2v) is 7.66. The lowest BCUT2D eigenvalue weighted by molar-refractivity contribution is 0.0582. The topological polar surface area (TPSA) is 52.7 Å². The lowest BCUT2D eigenvalue weighted by atomic mass is 9.97. The zero-order valence-electron chi connectivity index (χ0n) is 16.6. The number of nitrogens with zero attached hydrogens (tertiary/aromatic N) is 2. The molecule has 0 radical (unpaired) electrons. The highest BCUT2D eigenvalue weighted by Gasteiger charge is 2.38. The van der Waals surface area contributed by atoms with E-state index in [1.165, 1.54) is 5.56 Å². The van der Waals surface area contributed by atoms with Gasteiger partial charge in [-0.1, -0.05) is 29.8 Å². The summed E-state index contributed by atoms with van der Waals surface area (Å²) in [6.45, 7) is 6.27. The molecule has 1 fully saturated rings. The number of carbonyl (C=O) groups excluding carboxylic acids is 2. The molecule has 1 N–H and O–H groups in total. The van der Waals surface area contributed by atoms with Gasteiger partial charge in [0.25, 0.3) is 11.8 Å². The minimum Gasteiger partial charge on any atom is -0.351 e. The highest BCUT2D eigenvalue weighted by atomic mass is 16.2. The van der Waals surface area contributed by atoms with Crippen molar-refractivity contribution in [1.82, 2.24) is 10.2 Å². The first-order valence-corrected chi connectivity index (χ1v) is 10.1. The molecule has 5 nitrogen and oxygen atoms in total. The van der Waals surface area contributed by atoms with Gasteiger partial charge in [0.15, 0.2) is 0 Å². The molecule has 0 aliphatic carbocycles. The van der Waals surface area contributed by atoms with Gasteiger partial charge in [0.1, 0.15) is 6.17 Å². The molecule has 1 atom stereocenters. The van der Waals surface area contributed by atoms with Crippen LogP contribution in [0.2, 0.25) is 0 Å². The van der Waals surface area contributed by atoms with Crippen LogP contribution in [0.25, 0.3) is 0 Å². The minimum atomic E-state index is -0.112. The first-order chi connectivity index (χ1) is 13.6. The van der Waals surface area contributed by atoms with Crippen molar-refractivity contribution in [2.75, 3.05) is 18.0 Å². The quantitative estimate of drug-likeness (QED) is 0.884. The SMILES string of the molecule is CCN1c2cc(C(=O)NCc3cccc(C)c3)ccc2C(=O)N2CCCC[C@H]21. The third-order valence-corrected chi connectivity index (χ3v) is 5.77. The van der Waals surface area contributed by atoms with Gasteiger partial charge in [0, 0.05) is 25.2 Å². The number of piperidine rings is 1. The maximum absolute atomic E-state index is 12.9. The Hall–Kier alpha value is -2.82. The second kappa shape index (κ2) is 7.66. The molecule has 0 saturated carbocycles. The van der Waals surface area contributed by atoms with Gasteiger partial charge >= 0.3 is 0 Å². The summed E-state index contributed by atoms with van der Waals surface area (Å²) in [6.07, 6.45) is 3.30. The van der Waals surface area contributed by atoms with E-state index in [0.717, 1.165) is 43.6 Å². The molecular formula is C23H27N3O2. The van der Waals surface area contributed by atoms with Crippen LogP contribution in [-0.4, -0.2) is 36.0 Å². The van der Waals surface area contributed by atoms with E-state index in [-0.39, 0.29) is 18.0 Å². The van der Waals surface area contributed by atoms with Crippen LogP contribution in [0.5, 0.6) is 0 Å². The van der Waals surface area contributed by atoms with Gasteiger partial charge < -0.3 is 15.1 Å². The van der Waals surface area contributed by atoms with Crippen LogP contribution in [0.3, 0.4) is 0 Å². The van der Waals surface area contributed by atoms with Crippen LogP contribution in [-0.2, 0) is 6.54 Å². The molecule has 0 bridgehead atoms. The first kappa shape index (κ1) is 18.5. The summed E-state index contributed by atoms with van der Waals surface area (Å²) in [5, 5.41) is 3.00. The molecule has 2 aromatic carbocycles. The van der Waals surface area contributed by atoms with E-state index < -0.39 is 0 Å². The number of rotatable bonds is 4. The van der Waals surface area contributed by atoms with Gasteiger partial charge in [-0.25, -0.2) is 0 Å².